The van der Waals surface area contributed by atoms with E-state index < -0.39 is 5.97 Å². The second-order valence-electron chi connectivity index (χ2n) is 9.07. The topological polar surface area (TPSA) is 82.5 Å². The third kappa shape index (κ3) is 5.23. The molecule has 9 nitrogen and oxygen atoms in total. The van der Waals surface area contributed by atoms with E-state index >= 15 is 0 Å². The first-order valence-electron chi connectivity index (χ1n) is 12.9. The number of ether oxygens (including phenoxy) is 3. The fourth-order valence-corrected chi connectivity index (χ4v) is 4.60. The second kappa shape index (κ2) is 11.9. The normalized spacial score (nSPS) is 11.5. The van der Waals surface area contributed by atoms with Crippen molar-refractivity contribution in [2.45, 2.75) is 33.6 Å². The Bertz CT molecular complexity index is 1600. The van der Waals surface area contributed by atoms with Crippen molar-refractivity contribution in [2.24, 2.45) is 0 Å². The van der Waals surface area contributed by atoms with Gasteiger partial charge in [-0.25, -0.2) is 19.1 Å². The lowest BCUT2D eigenvalue weighted by molar-refractivity contribution is 0.0604. The van der Waals surface area contributed by atoms with E-state index in [-0.39, 0.29) is 16.9 Å². The van der Waals surface area contributed by atoms with Gasteiger partial charge in [-0.05, 0) is 67.8 Å². The molecule has 0 spiro atoms. The Morgan fingerprint density at radius 1 is 1.13 bits per heavy atom. The molecule has 9 heteroatoms. The van der Waals surface area contributed by atoms with Gasteiger partial charge in [0.2, 0.25) is 5.69 Å². The summed E-state index contributed by atoms with van der Waals surface area (Å²) in [4.78, 5) is 23.5. The number of hydrogen-bond acceptors (Lipinski definition) is 7. The number of nitrogens with zero attached hydrogens (tertiary/aromatic N) is 5. The lowest BCUT2D eigenvalue weighted by Crippen LogP contribution is -2.23. The second-order valence-corrected chi connectivity index (χ2v) is 9.07. The lowest BCUT2D eigenvalue weighted by Gasteiger charge is -2.23. The van der Waals surface area contributed by atoms with Gasteiger partial charge in [-0.15, -0.1) is 5.10 Å². The van der Waals surface area contributed by atoms with Crippen molar-refractivity contribution in [3.63, 3.8) is 0 Å². The molecule has 39 heavy (non-hydrogen) atoms. The van der Waals surface area contributed by atoms with Gasteiger partial charge in [0, 0.05) is 18.8 Å². The molecule has 0 radical (unpaired) electrons. The lowest BCUT2D eigenvalue weighted by atomic mass is 10.1. The van der Waals surface area contributed by atoms with Crippen LogP contribution >= 0.6 is 0 Å². The molecule has 2 heterocycles. The van der Waals surface area contributed by atoms with Crippen LogP contribution in [0.15, 0.2) is 36.4 Å². The number of anilines is 1. The first-order valence-corrected chi connectivity index (χ1v) is 12.9. The van der Waals surface area contributed by atoms with Gasteiger partial charge in [0.1, 0.15) is 17.1 Å². The molecule has 2 aromatic heterocycles. The molecule has 0 atom stereocenters. The highest BCUT2D eigenvalue weighted by Gasteiger charge is 2.26. The van der Waals surface area contributed by atoms with E-state index in [1.165, 1.54) is 11.6 Å². The Kier molecular flexibility index (Phi) is 8.35. The molecule has 0 fully saturated rings. The minimum absolute atomic E-state index is 0.0744. The number of benzene rings is 2. The summed E-state index contributed by atoms with van der Waals surface area (Å²) in [6.07, 6.45) is 4.14. The maximum atomic E-state index is 12.8. The average Bonchev–Trinajstić information content (AvgIpc) is 3.51. The Morgan fingerprint density at radius 3 is 2.54 bits per heavy atom. The molecule has 0 unspecified atom stereocenters. The molecule has 0 amide bonds. The predicted molar refractivity (Wildman–Crippen MR) is 152 cm³/mol. The van der Waals surface area contributed by atoms with Gasteiger partial charge in [0.25, 0.3) is 0 Å². The van der Waals surface area contributed by atoms with Crippen molar-refractivity contribution >= 4 is 29.1 Å². The largest absolute Gasteiger partial charge is 0.497 e. The minimum Gasteiger partial charge on any atom is -0.497 e. The first-order chi connectivity index (χ1) is 18.9. The third-order valence-electron chi connectivity index (χ3n) is 6.76. The number of methoxy groups -OCH3 is 3. The molecule has 4 aromatic rings. The van der Waals surface area contributed by atoms with E-state index in [0.717, 1.165) is 42.7 Å². The van der Waals surface area contributed by atoms with Gasteiger partial charge >= 0.3 is 5.97 Å². The summed E-state index contributed by atoms with van der Waals surface area (Å²) < 4.78 is 17.5. The molecule has 0 aliphatic heterocycles. The molecule has 0 aliphatic carbocycles. The Morgan fingerprint density at radius 2 is 1.92 bits per heavy atom. The molecular formula is C30H33N5O4. The molecule has 0 saturated carbocycles. The number of hydrogen-bond donors (Lipinski definition) is 0. The summed E-state index contributed by atoms with van der Waals surface area (Å²) in [6.45, 7) is 16.2. The van der Waals surface area contributed by atoms with Crippen molar-refractivity contribution in [3.8, 4) is 22.9 Å². The summed E-state index contributed by atoms with van der Waals surface area (Å²) in [5.74, 6) is 0.843. The number of aryl methyl sites for hydroxylation is 1. The molecule has 2 aromatic carbocycles. The average molecular weight is 528 g/mol. The minimum atomic E-state index is -0.649. The zero-order valence-corrected chi connectivity index (χ0v) is 23.2. The Labute approximate surface area is 228 Å². The number of unbranched alkanes of at least 4 members (excludes halogenated alkanes) is 1. The van der Waals surface area contributed by atoms with Crippen LogP contribution < -0.4 is 19.7 Å². The van der Waals surface area contributed by atoms with Crippen LogP contribution in [-0.4, -0.2) is 55.0 Å². The standard InChI is InChI=1S/C30H33N5O4/c1-8-10-15-34(9-2)21-12-11-20(19(3)16-21)17-24-27(31-4)26(30(36)39-7)29-32-28(33-35(24)29)23-18-22(37-5)13-14-25(23)38-6/h11-14,16-18H,8-10,15H2,1-3,5-7H3. The molecule has 0 saturated heterocycles. The van der Waals surface area contributed by atoms with E-state index in [1.807, 2.05) is 19.1 Å². The summed E-state index contributed by atoms with van der Waals surface area (Å²) >= 11 is 0. The summed E-state index contributed by atoms with van der Waals surface area (Å²) in [6, 6.07) is 11.6. The van der Waals surface area contributed by atoms with Crippen molar-refractivity contribution < 1.29 is 19.0 Å². The molecular weight excluding hydrogens is 494 g/mol. The molecule has 0 N–H and O–H groups in total. The van der Waals surface area contributed by atoms with E-state index in [2.05, 4.69) is 40.7 Å². The maximum Gasteiger partial charge on any atom is 0.331 e. The summed E-state index contributed by atoms with van der Waals surface area (Å²) in [7, 11) is 4.42. The van der Waals surface area contributed by atoms with Gasteiger partial charge in [0.15, 0.2) is 11.5 Å². The van der Waals surface area contributed by atoms with Crippen LogP contribution in [-0.2, 0) is 4.74 Å². The number of fused-ring (bicyclic) bond motifs is 1. The Hall–Kier alpha value is -4.58. The molecule has 202 valence electrons. The van der Waals surface area contributed by atoms with E-state index in [4.69, 9.17) is 25.9 Å². The first kappa shape index (κ1) is 27.5. The van der Waals surface area contributed by atoms with Crippen molar-refractivity contribution in [1.29, 1.82) is 0 Å². The van der Waals surface area contributed by atoms with Gasteiger partial charge in [-0.3, -0.25) is 0 Å². The zero-order valence-electron chi connectivity index (χ0n) is 23.2. The molecule has 0 bridgehead atoms. The van der Waals surface area contributed by atoms with E-state index in [9.17, 15) is 4.79 Å². The van der Waals surface area contributed by atoms with Crippen molar-refractivity contribution in [3.05, 3.63) is 69.9 Å². The van der Waals surface area contributed by atoms with Crippen molar-refractivity contribution in [1.82, 2.24) is 14.6 Å². The van der Waals surface area contributed by atoms with Crippen LogP contribution in [0, 0.1) is 13.5 Å². The zero-order chi connectivity index (χ0) is 28.1. The van der Waals surface area contributed by atoms with Gasteiger partial charge < -0.3 is 19.1 Å². The van der Waals surface area contributed by atoms with Crippen LogP contribution in [0.5, 0.6) is 11.5 Å². The smallest absolute Gasteiger partial charge is 0.331 e. The van der Waals surface area contributed by atoms with Crippen molar-refractivity contribution in [2.75, 3.05) is 39.3 Å². The summed E-state index contributed by atoms with van der Waals surface area (Å²) in [5, 5.41) is 5.16. The third-order valence-corrected chi connectivity index (χ3v) is 6.76. The van der Waals surface area contributed by atoms with E-state index in [0.29, 0.717) is 28.2 Å². The number of esters is 1. The predicted octanol–water partition coefficient (Wildman–Crippen LogP) is 5.23. The highest BCUT2D eigenvalue weighted by molar-refractivity contribution is 6.03. The molecule has 0 aliphatic rings. The van der Waals surface area contributed by atoms with Crippen LogP contribution in [0.1, 0.15) is 48.2 Å². The Balaban J connectivity index is 1.94. The fraction of sp³-hybridized carbons (Fsp3) is 0.333. The SMILES string of the molecule is [C-]#[N+]c1c(C(=O)OC)c2nc(-c3cc(OC)ccc3OC)nn2c1=Cc1ccc(N(CC)CCCC)cc1C. The van der Waals surface area contributed by atoms with Gasteiger partial charge in [0.05, 0.1) is 38.8 Å². The number of aromatic nitrogens is 3. The number of rotatable bonds is 10. The highest BCUT2D eigenvalue weighted by Crippen LogP contribution is 2.33. The number of carbonyl (C=O) groups excluding carboxylic acids is 1. The van der Waals surface area contributed by atoms with Crippen LogP contribution in [0.25, 0.3) is 28.0 Å². The van der Waals surface area contributed by atoms with E-state index in [1.54, 1.807) is 32.4 Å². The van der Waals surface area contributed by atoms with Gasteiger partial charge in [-0.1, -0.05) is 19.4 Å². The monoisotopic (exact) mass is 527 g/mol. The van der Waals surface area contributed by atoms with Crippen LogP contribution in [0.2, 0.25) is 0 Å². The van der Waals surface area contributed by atoms with Crippen LogP contribution in [0.3, 0.4) is 0 Å². The highest BCUT2D eigenvalue weighted by atomic mass is 16.5. The quantitative estimate of drug-likeness (QED) is 0.206. The molecule has 4 rings (SSSR count). The fourth-order valence-electron chi connectivity index (χ4n) is 4.60. The maximum absolute atomic E-state index is 12.8. The van der Waals surface area contributed by atoms with Crippen LogP contribution in [0.4, 0.5) is 11.4 Å². The number of carbonyl (C=O) groups is 1. The van der Waals surface area contributed by atoms with Gasteiger partial charge in [-0.2, -0.15) is 0 Å². The summed E-state index contributed by atoms with van der Waals surface area (Å²) in [5.41, 5.74) is 4.16.